The van der Waals surface area contributed by atoms with Gasteiger partial charge in [-0.25, -0.2) is 0 Å². The van der Waals surface area contributed by atoms with E-state index in [0.29, 0.717) is 0 Å². The normalized spacial score (nSPS) is 16.3. The van der Waals surface area contributed by atoms with Crippen LogP contribution < -0.4 is 5.32 Å². The number of hydrogen-bond donors (Lipinski definition) is 1. The zero-order valence-corrected chi connectivity index (χ0v) is 16.1. The molecule has 2 heteroatoms. The van der Waals surface area contributed by atoms with Gasteiger partial charge in [-0.15, -0.1) is 0 Å². The Bertz CT molecular complexity index is 1030. The van der Waals surface area contributed by atoms with Crippen molar-refractivity contribution in [3.8, 4) is 0 Å². The van der Waals surface area contributed by atoms with E-state index in [-0.39, 0.29) is 0 Å². The van der Waals surface area contributed by atoms with E-state index in [1.54, 1.807) is 0 Å². The van der Waals surface area contributed by atoms with Crippen LogP contribution in [0, 0.1) is 0 Å². The number of nitrogens with zero attached hydrogens (tertiary/aromatic N) is 1. The topological polar surface area (TPSA) is 24.4 Å². The second-order valence-electron chi connectivity index (χ2n) is 7.33. The van der Waals surface area contributed by atoms with Crippen molar-refractivity contribution in [3.05, 3.63) is 144 Å². The van der Waals surface area contributed by atoms with Crippen molar-refractivity contribution in [2.45, 2.75) is 11.1 Å². The van der Waals surface area contributed by atoms with Crippen LogP contribution in [-0.4, -0.2) is 6.34 Å². The highest BCUT2D eigenvalue weighted by atomic mass is 15.2. The molecule has 0 radical (unpaired) electrons. The van der Waals surface area contributed by atoms with Crippen molar-refractivity contribution in [1.82, 2.24) is 5.32 Å². The first kappa shape index (κ1) is 17.4. The molecule has 140 valence electrons. The van der Waals surface area contributed by atoms with Crippen molar-refractivity contribution in [3.63, 3.8) is 0 Å². The second-order valence-corrected chi connectivity index (χ2v) is 7.33. The summed E-state index contributed by atoms with van der Waals surface area (Å²) in [6.45, 7) is 0. The molecule has 4 aromatic carbocycles. The number of hydrogen-bond acceptors (Lipinski definition) is 2. The third-order valence-electron chi connectivity index (χ3n) is 5.88. The number of aliphatic imine (C=N–C) groups is 1. The molecule has 2 nitrogen and oxygen atoms in total. The van der Waals surface area contributed by atoms with Gasteiger partial charge in [0.1, 0.15) is 11.1 Å². The molecule has 5 rings (SSSR count). The SMILES string of the molecule is C1=NC(c2ccccc2)(c2ccccc2)C(c2ccccc2)(c2ccccc2)N1. The molecule has 0 atom stereocenters. The van der Waals surface area contributed by atoms with Crippen molar-refractivity contribution in [2.75, 3.05) is 0 Å². The van der Waals surface area contributed by atoms with E-state index in [1.807, 2.05) is 6.34 Å². The fourth-order valence-corrected chi connectivity index (χ4v) is 4.66. The van der Waals surface area contributed by atoms with Gasteiger partial charge in [-0.05, 0) is 22.3 Å². The Balaban J connectivity index is 1.91. The van der Waals surface area contributed by atoms with Crippen LogP contribution in [0.1, 0.15) is 22.3 Å². The minimum atomic E-state index is -0.641. The van der Waals surface area contributed by atoms with Crippen LogP contribution in [0.3, 0.4) is 0 Å². The lowest BCUT2D eigenvalue weighted by molar-refractivity contribution is 0.324. The average Bonchev–Trinajstić information content (AvgIpc) is 3.24. The fraction of sp³-hybridized carbons (Fsp3) is 0.0741. The summed E-state index contributed by atoms with van der Waals surface area (Å²) in [5, 5.41) is 3.70. The van der Waals surface area contributed by atoms with E-state index >= 15 is 0 Å². The third-order valence-corrected chi connectivity index (χ3v) is 5.88. The highest BCUT2D eigenvalue weighted by Gasteiger charge is 2.58. The lowest BCUT2D eigenvalue weighted by Gasteiger charge is -2.46. The van der Waals surface area contributed by atoms with E-state index in [2.05, 4.69) is 127 Å². The third kappa shape index (κ3) is 2.53. The molecule has 0 saturated carbocycles. The van der Waals surface area contributed by atoms with E-state index in [9.17, 15) is 0 Å². The average molecular weight is 374 g/mol. The van der Waals surface area contributed by atoms with E-state index in [1.165, 1.54) is 11.1 Å². The molecule has 29 heavy (non-hydrogen) atoms. The summed E-state index contributed by atoms with van der Waals surface area (Å²) in [5.41, 5.74) is 3.45. The maximum atomic E-state index is 5.18. The molecule has 1 aliphatic rings. The Hall–Kier alpha value is -3.65. The lowest BCUT2D eigenvalue weighted by Crippen LogP contribution is -2.54. The van der Waals surface area contributed by atoms with Gasteiger partial charge in [0.2, 0.25) is 0 Å². The van der Waals surface area contributed by atoms with Gasteiger partial charge in [-0.3, -0.25) is 4.99 Å². The summed E-state index contributed by atoms with van der Waals surface area (Å²) in [5.74, 6) is 0. The summed E-state index contributed by atoms with van der Waals surface area (Å²) in [4.78, 5) is 5.18. The Morgan fingerprint density at radius 3 is 1.17 bits per heavy atom. The molecule has 4 aromatic rings. The molecular formula is C27H22N2. The van der Waals surface area contributed by atoms with Crippen LogP contribution in [-0.2, 0) is 11.1 Å². The maximum Gasteiger partial charge on any atom is 0.144 e. The van der Waals surface area contributed by atoms with Crippen LogP contribution in [0.25, 0.3) is 0 Å². The van der Waals surface area contributed by atoms with Gasteiger partial charge in [-0.2, -0.15) is 0 Å². The molecule has 0 bridgehead atoms. The van der Waals surface area contributed by atoms with Gasteiger partial charge < -0.3 is 5.32 Å². The van der Waals surface area contributed by atoms with Gasteiger partial charge in [0.15, 0.2) is 0 Å². The van der Waals surface area contributed by atoms with Gasteiger partial charge >= 0.3 is 0 Å². The van der Waals surface area contributed by atoms with E-state index < -0.39 is 11.1 Å². The summed E-state index contributed by atoms with van der Waals surface area (Å²) < 4.78 is 0. The first-order valence-electron chi connectivity index (χ1n) is 9.91. The molecule has 1 heterocycles. The van der Waals surface area contributed by atoms with Crippen molar-refractivity contribution < 1.29 is 0 Å². The molecule has 0 saturated heterocycles. The summed E-state index contributed by atoms with van der Waals surface area (Å²) in [6.07, 6.45) is 1.88. The Kier molecular flexibility index (Phi) is 4.25. The van der Waals surface area contributed by atoms with E-state index in [4.69, 9.17) is 4.99 Å². The van der Waals surface area contributed by atoms with Crippen LogP contribution >= 0.6 is 0 Å². The highest BCUT2D eigenvalue weighted by Crippen LogP contribution is 2.53. The van der Waals surface area contributed by atoms with Gasteiger partial charge in [-0.1, -0.05) is 121 Å². The maximum absolute atomic E-state index is 5.18. The lowest BCUT2D eigenvalue weighted by atomic mass is 9.63. The van der Waals surface area contributed by atoms with Crippen LogP contribution in [0.4, 0.5) is 0 Å². The summed E-state index contributed by atoms with van der Waals surface area (Å²) >= 11 is 0. The second kappa shape index (κ2) is 7.06. The Morgan fingerprint density at radius 2 is 0.793 bits per heavy atom. The number of nitrogens with one attached hydrogen (secondary N) is 1. The Labute approximate surface area is 171 Å². The standard InChI is InChI=1S/C27H22N2/c1-5-13-22(14-6-1)26(23-15-7-2-8-16-23)27(29-21-28-26,24-17-9-3-10-18-24)25-19-11-4-12-20-25/h1-21H,(H,28,29). The molecular weight excluding hydrogens is 352 g/mol. The molecule has 0 unspecified atom stereocenters. The minimum Gasteiger partial charge on any atom is -0.360 e. The van der Waals surface area contributed by atoms with Crippen molar-refractivity contribution >= 4 is 6.34 Å². The summed E-state index contributed by atoms with van der Waals surface area (Å²) in [7, 11) is 0. The van der Waals surface area contributed by atoms with Crippen molar-refractivity contribution in [2.24, 2.45) is 4.99 Å². The number of benzene rings is 4. The van der Waals surface area contributed by atoms with Crippen LogP contribution in [0.15, 0.2) is 126 Å². The number of rotatable bonds is 4. The van der Waals surface area contributed by atoms with Gasteiger partial charge in [0.05, 0.1) is 6.34 Å². The summed E-state index contributed by atoms with van der Waals surface area (Å²) in [6, 6.07) is 42.5. The fourth-order valence-electron chi connectivity index (χ4n) is 4.66. The quantitative estimate of drug-likeness (QED) is 0.501. The molecule has 0 aliphatic carbocycles. The zero-order valence-electron chi connectivity index (χ0n) is 16.1. The van der Waals surface area contributed by atoms with Gasteiger partial charge in [0, 0.05) is 0 Å². The predicted octanol–water partition coefficient (Wildman–Crippen LogP) is 5.51. The van der Waals surface area contributed by atoms with Crippen LogP contribution in [0.2, 0.25) is 0 Å². The largest absolute Gasteiger partial charge is 0.360 e. The Morgan fingerprint density at radius 1 is 0.448 bits per heavy atom. The van der Waals surface area contributed by atoms with Gasteiger partial charge in [0.25, 0.3) is 0 Å². The first-order chi connectivity index (χ1) is 14.4. The minimum absolute atomic E-state index is 0.571. The van der Waals surface area contributed by atoms with Crippen molar-refractivity contribution in [1.29, 1.82) is 0 Å². The monoisotopic (exact) mass is 374 g/mol. The molecule has 0 aromatic heterocycles. The predicted molar refractivity (Wildman–Crippen MR) is 119 cm³/mol. The first-order valence-corrected chi connectivity index (χ1v) is 9.91. The molecule has 1 N–H and O–H groups in total. The zero-order chi connectivity index (χ0) is 19.6. The highest BCUT2D eigenvalue weighted by molar-refractivity contribution is 5.71. The molecule has 0 amide bonds. The smallest absolute Gasteiger partial charge is 0.144 e. The van der Waals surface area contributed by atoms with Crippen LogP contribution in [0.5, 0.6) is 0 Å². The van der Waals surface area contributed by atoms with E-state index in [0.717, 1.165) is 11.1 Å². The molecule has 1 aliphatic heterocycles. The molecule has 0 spiro atoms. The molecule has 0 fully saturated rings.